The van der Waals surface area contributed by atoms with Crippen molar-refractivity contribution >= 4 is 11.3 Å². The number of hydrogen-bond acceptors (Lipinski definition) is 4. The molecular formula is C10H14N4S. The summed E-state index contributed by atoms with van der Waals surface area (Å²) in [5.41, 5.74) is 7.83. The van der Waals surface area contributed by atoms with Crippen LogP contribution in [0.3, 0.4) is 0 Å². The van der Waals surface area contributed by atoms with Gasteiger partial charge in [-0.3, -0.25) is 0 Å². The van der Waals surface area contributed by atoms with Crippen molar-refractivity contribution in [3.05, 3.63) is 22.5 Å². The van der Waals surface area contributed by atoms with Crippen LogP contribution in [-0.2, 0) is 13.1 Å². The minimum atomic E-state index is 0.597. The van der Waals surface area contributed by atoms with Crippen LogP contribution in [0.1, 0.15) is 18.2 Å². The first-order chi connectivity index (χ1) is 7.35. The van der Waals surface area contributed by atoms with Crippen LogP contribution in [0.4, 0.5) is 0 Å². The van der Waals surface area contributed by atoms with Gasteiger partial charge in [0.15, 0.2) is 0 Å². The van der Waals surface area contributed by atoms with Crippen molar-refractivity contribution in [1.29, 1.82) is 0 Å². The third-order valence-corrected chi connectivity index (χ3v) is 3.16. The van der Waals surface area contributed by atoms with E-state index in [-0.39, 0.29) is 0 Å². The number of aryl methyl sites for hydroxylation is 1. The molecule has 0 saturated carbocycles. The predicted molar refractivity (Wildman–Crippen MR) is 61.5 cm³/mol. The maximum absolute atomic E-state index is 5.59. The van der Waals surface area contributed by atoms with E-state index in [1.807, 2.05) is 4.68 Å². The van der Waals surface area contributed by atoms with E-state index in [0.717, 1.165) is 18.7 Å². The predicted octanol–water partition coefficient (Wildman–Crippen LogP) is 1.88. The molecule has 2 aromatic heterocycles. The molecule has 0 aromatic carbocycles. The Morgan fingerprint density at radius 2 is 2.40 bits per heavy atom. The van der Waals surface area contributed by atoms with Gasteiger partial charge in [0.1, 0.15) is 0 Å². The van der Waals surface area contributed by atoms with E-state index in [2.05, 4.69) is 28.7 Å². The smallest absolute Gasteiger partial charge is 0.0893 e. The van der Waals surface area contributed by atoms with Crippen LogP contribution in [0.15, 0.2) is 17.6 Å². The Kier molecular flexibility index (Phi) is 3.13. The highest BCUT2D eigenvalue weighted by Crippen LogP contribution is 2.24. The van der Waals surface area contributed by atoms with E-state index < -0.39 is 0 Å². The van der Waals surface area contributed by atoms with Crippen LogP contribution in [0.25, 0.3) is 11.3 Å². The van der Waals surface area contributed by atoms with Gasteiger partial charge in [0, 0.05) is 28.9 Å². The summed E-state index contributed by atoms with van der Waals surface area (Å²) in [6, 6.07) is 2.11. The lowest BCUT2D eigenvalue weighted by molar-refractivity contribution is 0.584. The highest BCUT2D eigenvalue weighted by Gasteiger charge is 2.07. The lowest BCUT2D eigenvalue weighted by Gasteiger charge is -2.01. The molecule has 0 bridgehead atoms. The molecule has 4 nitrogen and oxygen atoms in total. The van der Waals surface area contributed by atoms with Crippen molar-refractivity contribution in [1.82, 2.24) is 15.0 Å². The topological polar surface area (TPSA) is 56.7 Å². The Bertz CT molecular complexity index is 432. The molecule has 2 N–H and O–H groups in total. The average Bonchev–Trinajstić information content (AvgIpc) is 2.85. The Morgan fingerprint density at radius 3 is 3.07 bits per heavy atom. The van der Waals surface area contributed by atoms with Gasteiger partial charge in [-0.05, 0) is 12.5 Å². The molecule has 2 aromatic rings. The number of nitrogens with two attached hydrogens (primary N) is 1. The van der Waals surface area contributed by atoms with Crippen LogP contribution < -0.4 is 5.73 Å². The van der Waals surface area contributed by atoms with Gasteiger partial charge in [-0.25, -0.2) is 4.68 Å². The fourth-order valence-electron chi connectivity index (χ4n) is 1.48. The molecule has 0 unspecified atom stereocenters. The lowest BCUT2D eigenvalue weighted by atomic mass is 10.2. The second-order valence-corrected chi connectivity index (χ2v) is 4.34. The Morgan fingerprint density at radius 1 is 1.53 bits per heavy atom. The molecule has 80 valence electrons. The average molecular weight is 222 g/mol. The third-order valence-electron chi connectivity index (χ3n) is 2.20. The van der Waals surface area contributed by atoms with E-state index >= 15 is 0 Å². The van der Waals surface area contributed by atoms with E-state index in [1.165, 1.54) is 10.4 Å². The van der Waals surface area contributed by atoms with E-state index in [1.54, 1.807) is 17.5 Å². The molecule has 0 aliphatic heterocycles. The summed E-state index contributed by atoms with van der Waals surface area (Å²) in [5, 5.41) is 10.1. The van der Waals surface area contributed by atoms with E-state index in [9.17, 15) is 0 Å². The fraction of sp³-hybridized carbons (Fsp3) is 0.400. The highest BCUT2D eigenvalue weighted by atomic mass is 32.1. The number of aromatic nitrogens is 3. The van der Waals surface area contributed by atoms with Gasteiger partial charge in [0.2, 0.25) is 0 Å². The summed E-state index contributed by atoms with van der Waals surface area (Å²) in [6.45, 7) is 3.63. The molecule has 0 saturated heterocycles. The van der Waals surface area contributed by atoms with Gasteiger partial charge in [-0.1, -0.05) is 12.1 Å². The van der Waals surface area contributed by atoms with Crippen LogP contribution in [0, 0.1) is 0 Å². The molecule has 0 radical (unpaired) electrons. The SMILES string of the molecule is CCCn1nncc1-c1csc(CN)c1. The molecule has 0 spiro atoms. The maximum atomic E-state index is 5.59. The van der Waals surface area contributed by atoms with E-state index in [4.69, 9.17) is 5.73 Å². The first-order valence-corrected chi connectivity index (χ1v) is 5.89. The molecular weight excluding hydrogens is 208 g/mol. The van der Waals surface area contributed by atoms with E-state index in [0.29, 0.717) is 6.54 Å². The largest absolute Gasteiger partial charge is 0.326 e. The first-order valence-electron chi connectivity index (χ1n) is 5.01. The molecule has 2 heterocycles. The van der Waals surface area contributed by atoms with Crippen molar-refractivity contribution in [3.63, 3.8) is 0 Å². The van der Waals surface area contributed by atoms with Gasteiger partial charge in [0.05, 0.1) is 11.9 Å². The zero-order valence-corrected chi connectivity index (χ0v) is 9.50. The summed E-state index contributed by atoms with van der Waals surface area (Å²) in [7, 11) is 0. The maximum Gasteiger partial charge on any atom is 0.0893 e. The fourth-order valence-corrected chi connectivity index (χ4v) is 2.24. The van der Waals surface area contributed by atoms with Crippen molar-refractivity contribution < 1.29 is 0 Å². The molecule has 0 aliphatic carbocycles. The van der Waals surface area contributed by atoms with Gasteiger partial charge < -0.3 is 5.73 Å². The van der Waals surface area contributed by atoms with Gasteiger partial charge >= 0.3 is 0 Å². The quantitative estimate of drug-likeness (QED) is 0.859. The van der Waals surface area contributed by atoms with Crippen molar-refractivity contribution in [2.45, 2.75) is 26.4 Å². The molecule has 5 heteroatoms. The summed E-state index contributed by atoms with van der Waals surface area (Å²) in [5.74, 6) is 0. The summed E-state index contributed by atoms with van der Waals surface area (Å²) in [4.78, 5) is 1.19. The number of thiophene rings is 1. The minimum Gasteiger partial charge on any atom is -0.326 e. The molecule has 0 atom stereocenters. The minimum absolute atomic E-state index is 0.597. The van der Waals surface area contributed by atoms with Gasteiger partial charge in [-0.2, -0.15) is 0 Å². The zero-order valence-electron chi connectivity index (χ0n) is 8.68. The Labute approximate surface area is 92.7 Å². The van der Waals surface area contributed by atoms with Crippen LogP contribution in [0.2, 0.25) is 0 Å². The van der Waals surface area contributed by atoms with Crippen LogP contribution >= 0.6 is 11.3 Å². The molecule has 0 aliphatic rings. The molecule has 15 heavy (non-hydrogen) atoms. The van der Waals surface area contributed by atoms with Crippen LogP contribution in [-0.4, -0.2) is 15.0 Å². The number of hydrogen-bond donors (Lipinski definition) is 1. The van der Waals surface area contributed by atoms with Gasteiger partial charge in [0.25, 0.3) is 0 Å². The Hall–Kier alpha value is -1.20. The number of rotatable bonds is 4. The Balaban J connectivity index is 2.31. The second kappa shape index (κ2) is 4.55. The lowest BCUT2D eigenvalue weighted by Crippen LogP contribution is -2.01. The first kappa shape index (κ1) is 10.3. The van der Waals surface area contributed by atoms with Gasteiger partial charge in [-0.15, -0.1) is 16.4 Å². The highest BCUT2D eigenvalue weighted by molar-refractivity contribution is 7.10. The third kappa shape index (κ3) is 2.08. The zero-order chi connectivity index (χ0) is 10.7. The standard InChI is InChI=1S/C10H14N4S/c1-2-3-14-10(6-12-13-14)8-4-9(5-11)15-7-8/h4,6-7H,2-3,5,11H2,1H3. The normalized spacial score (nSPS) is 10.8. The molecule has 0 amide bonds. The number of nitrogens with zero attached hydrogens (tertiary/aromatic N) is 3. The second-order valence-electron chi connectivity index (χ2n) is 3.35. The van der Waals surface area contributed by atoms with Crippen molar-refractivity contribution in [2.24, 2.45) is 5.73 Å². The summed E-state index contributed by atoms with van der Waals surface area (Å²) in [6.07, 6.45) is 2.86. The summed E-state index contributed by atoms with van der Waals surface area (Å²) < 4.78 is 1.93. The molecule has 0 fully saturated rings. The van der Waals surface area contributed by atoms with Crippen molar-refractivity contribution in [3.8, 4) is 11.3 Å². The molecule has 2 rings (SSSR count). The van der Waals surface area contributed by atoms with Crippen LogP contribution in [0.5, 0.6) is 0 Å². The van der Waals surface area contributed by atoms with Crippen molar-refractivity contribution in [2.75, 3.05) is 0 Å². The monoisotopic (exact) mass is 222 g/mol. The summed E-state index contributed by atoms with van der Waals surface area (Å²) >= 11 is 1.68.